The molecular formula is C14H14FN3O2. The number of nitrogens with zero attached hydrogens (tertiary/aromatic N) is 2. The van der Waals surface area contributed by atoms with E-state index in [0.717, 1.165) is 11.6 Å². The first kappa shape index (κ1) is 13.9. The topological polar surface area (TPSA) is 68.1 Å². The SMILES string of the molecule is Cc1cc(NC(C)c2cccnc2)c([N+](=O)[O-])cc1F. The highest BCUT2D eigenvalue weighted by Crippen LogP contribution is 2.30. The van der Waals surface area contributed by atoms with Crippen LogP contribution in [-0.2, 0) is 0 Å². The Morgan fingerprint density at radius 2 is 2.20 bits per heavy atom. The van der Waals surface area contributed by atoms with Crippen LogP contribution < -0.4 is 5.32 Å². The average Bonchev–Trinajstić information content (AvgIpc) is 2.43. The van der Waals surface area contributed by atoms with Gasteiger partial charge in [-0.3, -0.25) is 15.1 Å². The maximum atomic E-state index is 13.4. The lowest BCUT2D eigenvalue weighted by Crippen LogP contribution is -2.09. The monoisotopic (exact) mass is 275 g/mol. The van der Waals surface area contributed by atoms with Crippen molar-refractivity contribution in [2.45, 2.75) is 19.9 Å². The Kier molecular flexibility index (Phi) is 3.93. The summed E-state index contributed by atoms with van der Waals surface area (Å²) in [6.07, 6.45) is 3.33. The first-order chi connectivity index (χ1) is 9.49. The molecule has 1 aromatic carbocycles. The van der Waals surface area contributed by atoms with Crippen LogP contribution in [0.1, 0.15) is 24.1 Å². The number of halogens is 1. The highest BCUT2D eigenvalue weighted by molar-refractivity contribution is 5.63. The van der Waals surface area contributed by atoms with Crippen LogP contribution >= 0.6 is 0 Å². The highest BCUT2D eigenvalue weighted by atomic mass is 19.1. The van der Waals surface area contributed by atoms with Crippen LogP contribution in [-0.4, -0.2) is 9.91 Å². The zero-order valence-electron chi connectivity index (χ0n) is 11.1. The number of hydrogen-bond acceptors (Lipinski definition) is 4. The van der Waals surface area contributed by atoms with E-state index in [-0.39, 0.29) is 11.7 Å². The Bertz CT molecular complexity index is 632. The second-order valence-electron chi connectivity index (χ2n) is 4.53. The maximum Gasteiger partial charge on any atom is 0.295 e. The summed E-state index contributed by atoms with van der Waals surface area (Å²) in [6.45, 7) is 3.43. The van der Waals surface area contributed by atoms with E-state index >= 15 is 0 Å². The largest absolute Gasteiger partial charge is 0.373 e. The van der Waals surface area contributed by atoms with E-state index in [2.05, 4.69) is 10.3 Å². The summed E-state index contributed by atoms with van der Waals surface area (Å²) in [5, 5.41) is 14.0. The molecule has 0 bridgehead atoms. The molecule has 1 unspecified atom stereocenters. The minimum absolute atomic E-state index is 0.174. The van der Waals surface area contributed by atoms with Gasteiger partial charge in [-0.1, -0.05) is 6.07 Å². The summed E-state index contributed by atoms with van der Waals surface area (Å²) in [7, 11) is 0. The smallest absolute Gasteiger partial charge is 0.295 e. The normalized spacial score (nSPS) is 11.9. The molecule has 0 fully saturated rings. The van der Waals surface area contributed by atoms with Gasteiger partial charge in [0.1, 0.15) is 11.5 Å². The Hall–Kier alpha value is -2.50. The third kappa shape index (κ3) is 2.90. The Morgan fingerprint density at radius 3 is 2.80 bits per heavy atom. The number of nitrogens with one attached hydrogen (secondary N) is 1. The van der Waals surface area contributed by atoms with Crippen LogP contribution in [0.4, 0.5) is 15.8 Å². The molecule has 1 heterocycles. The maximum absolute atomic E-state index is 13.4. The zero-order valence-corrected chi connectivity index (χ0v) is 11.1. The van der Waals surface area contributed by atoms with Gasteiger partial charge in [0, 0.05) is 12.4 Å². The van der Waals surface area contributed by atoms with Gasteiger partial charge in [0.25, 0.3) is 5.69 Å². The van der Waals surface area contributed by atoms with Crippen molar-refractivity contribution in [3.8, 4) is 0 Å². The Balaban J connectivity index is 2.33. The van der Waals surface area contributed by atoms with Crippen LogP contribution in [0.5, 0.6) is 0 Å². The van der Waals surface area contributed by atoms with Crippen LogP contribution in [0.3, 0.4) is 0 Å². The molecule has 1 atom stereocenters. The number of aromatic nitrogens is 1. The third-order valence-corrected chi connectivity index (χ3v) is 3.03. The van der Waals surface area contributed by atoms with Crippen molar-refractivity contribution >= 4 is 11.4 Å². The number of hydrogen-bond donors (Lipinski definition) is 1. The quantitative estimate of drug-likeness (QED) is 0.683. The van der Waals surface area contributed by atoms with E-state index in [1.54, 1.807) is 25.4 Å². The summed E-state index contributed by atoms with van der Waals surface area (Å²) >= 11 is 0. The molecule has 1 N–H and O–H groups in total. The summed E-state index contributed by atoms with van der Waals surface area (Å²) < 4.78 is 13.4. The van der Waals surface area contributed by atoms with Gasteiger partial charge < -0.3 is 5.32 Å². The molecule has 5 nitrogen and oxygen atoms in total. The van der Waals surface area contributed by atoms with Crippen molar-refractivity contribution in [3.63, 3.8) is 0 Å². The number of pyridine rings is 1. The first-order valence-corrected chi connectivity index (χ1v) is 6.10. The van der Waals surface area contributed by atoms with Gasteiger partial charge in [0.15, 0.2) is 0 Å². The van der Waals surface area contributed by atoms with Crippen molar-refractivity contribution in [1.29, 1.82) is 0 Å². The lowest BCUT2D eigenvalue weighted by atomic mass is 10.1. The summed E-state index contributed by atoms with van der Waals surface area (Å²) in [6, 6.07) is 5.87. The van der Waals surface area contributed by atoms with Gasteiger partial charge >= 0.3 is 0 Å². The lowest BCUT2D eigenvalue weighted by molar-refractivity contribution is -0.384. The minimum atomic E-state index is -0.596. The molecule has 0 aliphatic rings. The molecule has 0 aliphatic heterocycles. The number of benzene rings is 1. The number of rotatable bonds is 4. The molecule has 0 radical (unpaired) electrons. The summed E-state index contributed by atoms with van der Waals surface area (Å²) in [4.78, 5) is 14.4. The number of anilines is 1. The fraction of sp³-hybridized carbons (Fsp3) is 0.214. The van der Waals surface area contributed by atoms with Crippen molar-refractivity contribution in [1.82, 2.24) is 4.98 Å². The summed E-state index contributed by atoms with van der Waals surface area (Å²) in [5.41, 5.74) is 1.27. The molecule has 20 heavy (non-hydrogen) atoms. The predicted molar refractivity (Wildman–Crippen MR) is 74.1 cm³/mol. The fourth-order valence-corrected chi connectivity index (χ4v) is 1.89. The molecule has 104 valence electrons. The first-order valence-electron chi connectivity index (χ1n) is 6.10. The average molecular weight is 275 g/mol. The Labute approximate surface area is 115 Å². The van der Waals surface area contributed by atoms with Crippen LogP contribution in [0.25, 0.3) is 0 Å². The van der Waals surface area contributed by atoms with Gasteiger partial charge in [-0.05, 0) is 37.1 Å². The molecule has 0 aliphatic carbocycles. The van der Waals surface area contributed by atoms with Gasteiger partial charge in [0.05, 0.1) is 17.0 Å². The van der Waals surface area contributed by atoms with Gasteiger partial charge in [-0.25, -0.2) is 4.39 Å². The molecule has 2 rings (SSSR count). The predicted octanol–water partition coefficient (Wildman–Crippen LogP) is 3.61. The fourth-order valence-electron chi connectivity index (χ4n) is 1.89. The van der Waals surface area contributed by atoms with Gasteiger partial charge in [-0.15, -0.1) is 0 Å². The van der Waals surface area contributed by atoms with Gasteiger partial charge in [-0.2, -0.15) is 0 Å². The lowest BCUT2D eigenvalue weighted by Gasteiger charge is -2.16. The highest BCUT2D eigenvalue weighted by Gasteiger charge is 2.18. The molecule has 0 saturated heterocycles. The standard InChI is InChI=1S/C14H14FN3O2/c1-9-6-13(14(18(19)20)7-12(9)15)17-10(2)11-4-3-5-16-8-11/h3-8,10,17H,1-2H3. The second-order valence-corrected chi connectivity index (χ2v) is 4.53. The van der Waals surface area contributed by atoms with E-state index in [0.29, 0.717) is 11.3 Å². The molecule has 1 aromatic heterocycles. The molecule has 0 spiro atoms. The summed E-state index contributed by atoms with van der Waals surface area (Å²) in [5.74, 6) is -0.587. The van der Waals surface area contributed by atoms with Gasteiger partial charge in [0.2, 0.25) is 0 Å². The van der Waals surface area contributed by atoms with E-state index in [9.17, 15) is 14.5 Å². The van der Waals surface area contributed by atoms with E-state index in [4.69, 9.17) is 0 Å². The van der Waals surface area contributed by atoms with Crippen LogP contribution in [0.15, 0.2) is 36.7 Å². The Morgan fingerprint density at radius 1 is 1.45 bits per heavy atom. The number of nitro benzene ring substituents is 1. The van der Waals surface area contributed by atoms with Crippen molar-refractivity contribution in [2.75, 3.05) is 5.32 Å². The van der Waals surface area contributed by atoms with Crippen LogP contribution in [0, 0.1) is 22.9 Å². The van der Waals surface area contributed by atoms with Crippen molar-refractivity contribution in [3.05, 3.63) is 63.7 Å². The second kappa shape index (κ2) is 5.64. The van der Waals surface area contributed by atoms with E-state index in [1.165, 1.54) is 6.07 Å². The molecule has 0 amide bonds. The number of nitro groups is 1. The minimum Gasteiger partial charge on any atom is -0.373 e. The van der Waals surface area contributed by atoms with E-state index < -0.39 is 10.7 Å². The number of aryl methyl sites for hydroxylation is 1. The van der Waals surface area contributed by atoms with Crippen LogP contribution in [0.2, 0.25) is 0 Å². The molecule has 0 saturated carbocycles. The molecular weight excluding hydrogens is 261 g/mol. The molecule has 6 heteroatoms. The van der Waals surface area contributed by atoms with E-state index in [1.807, 2.05) is 13.0 Å². The van der Waals surface area contributed by atoms with Crippen molar-refractivity contribution < 1.29 is 9.31 Å². The van der Waals surface area contributed by atoms with Crippen molar-refractivity contribution in [2.24, 2.45) is 0 Å². The zero-order chi connectivity index (χ0) is 14.7. The molecule has 2 aromatic rings. The third-order valence-electron chi connectivity index (χ3n) is 3.03.